The fraction of sp³-hybridized carbons (Fsp3) is 0.600. The maximum absolute atomic E-state index is 5.57. The second-order valence-corrected chi connectivity index (χ2v) is 4.88. The number of anilines is 1. The molecule has 4 nitrogen and oxygen atoms in total. The number of benzene rings is 1. The minimum Gasteiger partial charge on any atom is -0.497 e. The molecule has 106 valence electrons. The van der Waals surface area contributed by atoms with Gasteiger partial charge >= 0.3 is 0 Å². The summed E-state index contributed by atoms with van der Waals surface area (Å²) >= 11 is 0. The van der Waals surface area contributed by atoms with Crippen molar-refractivity contribution in [2.45, 2.75) is 37.8 Å². The van der Waals surface area contributed by atoms with E-state index in [9.17, 15) is 0 Å². The van der Waals surface area contributed by atoms with E-state index < -0.39 is 0 Å². The van der Waals surface area contributed by atoms with Gasteiger partial charge in [0.25, 0.3) is 0 Å². The fourth-order valence-corrected chi connectivity index (χ4v) is 2.67. The molecule has 1 saturated carbocycles. The Hall–Kier alpha value is -1.42. The summed E-state index contributed by atoms with van der Waals surface area (Å²) < 4.78 is 16.2. The van der Waals surface area contributed by atoms with Gasteiger partial charge in [-0.2, -0.15) is 0 Å². The topological polar surface area (TPSA) is 39.7 Å². The molecule has 0 aromatic heterocycles. The molecule has 2 atom stereocenters. The largest absolute Gasteiger partial charge is 0.497 e. The molecule has 0 heterocycles. The molecule has 1 N–H and O–H groups in total. The first kappa shape index (κ1) is 14.0. The molecule has 1 fully saturated rings. The lowest BCUT2D eigenvalue weighted by Crippen LogP contribution is -2.37. The minimum atomic E-state index is 0.268. The zero-order valence-corrected chi connectivity index (χ0v) is 11.9. The van der Waals surface area contributed by atoms with E-state index in [2.05, 4.69) is 5.32 Å². The van der Waals surface area contributed by atoms with Gasteiger partial charge in [-0.3, -0.25) is 0 Å². The lowest BCUT2D eigenvalue weighted by Gasteiger charge is -2.32. The van der Waals surface area contributed by atoms with Gasteiger partial charge in [0.15, 0.2) is 0 Å². The standard InChI is InChI=1S/C15H23NO3/c1-17-11-8-9-15(19-3)13(10-11)16-12-6-4-5-7-14(12)18-2/h8-10,12,14,16H,4-7H2,1-3H3/t12-,14+/m0/s1. The molecule has 0 saturated heterocycles. The lowest BCUT2D eigenvalue weighted by molar-refractivity contribution is 0.0605. The monoisotopic (exact) mass is 265 g/mol. The zero-order valence-electron chi connectivity index (χ0n) is 11.9. The van der Waals surface area contributed by atoms with Crippen molar-refractivity contribution >= 4 is 5.69 Å². The van der Waals surface area contributed by atoms with Crippen molar-refractivity contribution in [2.24, 2.45) is 0 Å². The van der Waals surface area contributed by atoms with Crippen LogP contribution in [-0.2, 0) is 4.74 Å². The Morgan fingerprint density at radius 3 is 2.53 bits per heavy atom. The molecule has 0 aliphatic heterocycles. The predicted octanol–water partition coefficient (Wildman–Crippen LogP) is 3.07. The van der Waals surface area contributed by atoms with Gasteiger partial charge < -0.3 is 19.5 Å². The summed E-state index contributed by atoms with van der Waals surface area (Å²) in [7, 11) is 5.14. The summed E-state index contributed by atoms with van der Waals surface area (Å²) in [5.41, 5.74) is 0.968. The maximum Gasteiger partial charge on any atom is 0.142 e. The molecular weight excluding hydrogens is 242 g/mol. The lowest BCUT2D eigenvalue weighted by atomic mass is 9.92. The van der Waals surface area contributed by atoms with Crippen LogP contribution in [0.5, 0.6) is 11.5 Å². The number of nitrogens with one attached hydrogen (secondary N) is 1. The van der Waals surface area contributed by atoms with Gasteiger partial charge in [0.2, 0.25) is 0 Å². The van der Waals surface area contributed by atoms with E-state index in [1.165, 1.54) is 12.8 Å². The molecule has 4 heteroatoms. The van der Waals surface area contributed by atoms with Crippen molar-refractivity contribution in [1.82, 2.24) is 0 Å². The quantitative estimate of drug-likeness (QED) is 0.888. The third kappa shape index (κ3) is 3.32. The first-order valence-corrected chi connectivity index (χ1v) is 6.80. The van der Waals surface area contributed by atoms with E-state index in [0.29, 0.717) is 6.04 Å². The van der Waals surface area contributed by atoms with E-state index in [4.69, 9.17) is 14.2 Å². The third-order valence-corrected chi connectivity index (χ3v) is 3.75. The Morgan fingerprint density at radius 2 is 1.84 bits per heavy atom. The average molecular weight is 265 g/mol. The summed E-state index contributed by atoms with van der Waals surface area (Å²) in [6, 6.07) is 6.13. The average Bonchev–Trinajstić information content (AvgIpc) is 2.47. The summed E-state index contributed by atoms with van der Waals surface area (Å²) in [5.74, 6) is 1.66. The highest BCUT2D eigenvalue weighted by Gasteiger charge is 2.25. The van der Waals surface area contributed by atoms with Crippen molar-refractivity contribution in [3.63, 3.8) is 0 Å². The Balaban J connectivity index is 2.16. The first-order valence-electron chi connectivity index (χ1n) is 6.80. The molecule has 0 bridgehead atoms. The summed E-state index contributed by atoms with van der Waals surface area (Å²) in [6.07, 6.45) is 4.99. The van der Waals surface area contributed by atoms with Crippen LogP contribution < -0.4 is 14.8 Å². The van der Waals surface area contributed by atoms with Crippen LogP contribution in [0.4, 0.5) is 5.69 Å². The fourth-order valence-electron chi connectivity index (χ4n) is 2.67. The van der Waals surface area contributed by atoms with Gasteiger partial charge in [0.05, 0.1) is 32.1 Å². The first-order chi connectivity index (χ1) is 9.28. The number of hydrogen-bond acceptors (Lipinski definition) is 4. The predicted molar refractivity (Wildman–Crippen MR) is 76.2 cm³/mol. The Kier molecular flexibility index (Phi) is 4.91. The van der Waals surface area contributed by atoms with Crippen LogP contribution in [0.3, 0.4) is 0 Å². The van der Waals surface area contributed by atoms with E-state index in [1.807, 2.05) is 18.2 Å². The minimum absolute atomic E-state index is 0.268. The molecule has 1 aliphatic rings. The van der Waals surface area contributed by atoms with Crippen molar-refractivity contribution in [3.8, 4) is 11.5 Å². The van der Waals surface area contributed by atoms with Gasteiger partial charge in [-0.1, -0.05) is 12.8 Å². The van der Waals surface area contributed by atoms with Crippen molar-refractivity contribution < 1.29 is 14.2 Å². The number of rotatable bonds is 5. The normalized spacial score (nSPS) is 22.9. The second-order valence-electron chi connectivity index (χ2n) is 4.88. The van der Waals surface area contributed by atoms with E-state index >= 15 is 0 Å². The maximum atomic E-state index is 5.57. The number of methoxy groups -OCH3 is 3. The van der Waals surface area contributed by atoms with Gasteiger partial charge in [-0.25, -0.2) is 0 Å². The second kappa shape index (κ2) is 6.66. The van der Waals surface area contributed by atoms with Crippen molar-refractivity contribution in [1.29, 1.82) is 0 Å². The molecule has 1 aromatic rings. The molecule has 0 spiro atoms. The Bertz CT molecular complexity index is 408. The summed E-state index contributed by atoms with van der Waals surface area (Å²) in [6.45, 7) is 0. The van der Waals surface area contributed by atoms with E-state index in [1.54, 1.807) is 21.3 Å². The molecule has 0 amide bonds. The molecule has 1 aliphatic carbocycles. The molecule has 1 aromatic carbocycles. The molecule has 19 heavy (non-hydrogen) atoms. The molecule has 2 rings (SSSR count). The van der Waals surface area contributed by atoms with Crippen LogP contribution in [-0.4, -0.2) is 33.5 Å². The highest BCUT2D eigenvalue weighted by Crippen LogP contribution is 2.32. The van der Waals surface area contributed by atoms with Crippen LogP contribution in [0.1, 0.15) is 25.7 Å². The van der Waals surface area contributed by atoms with Gasteiger partial charge in [0.1, 0.15) is 11.5 Å². The van der Waals surface area contributed by atoms with Crippen LogP contribution in [0.15, 0.2) is 18.2 Å². The van der Waals surface area contributed by atoms with Gasteiger partial charge in [-0.15, -0.1) is 0 Å². The summed E-state index contributed by atoms with van der Waals surface area (Å²) in [5, 5.41) is 3.55. The smallest absolute Gasteiger partial charge is 0.142 e. The van der Waals surface area contributed by atoms with Gasteiger partial charge in [-0.05, 0) is 25.0 Å². The highest BCUT2D eigenvalue weighted by atomic mass is 16.5. The number of hydrogen-bond donors (Lipinski definition) is 1. The van der Waals surface area contributed by atoms with Crippen LogP contribution >= 0.6 is 0 Å². The molecule has 0 unspecified atom stereocenters. The Labute approximate surface area is 115 Å². The molecule has 0 radical (unpaired) electrons. The highest BCUT2D eigenvalue weighted by molar-refractivity contribution is 5.60. The van der Waals surface area contributed by atoms with Crippen molar-refractivity contribution in [3.05, 3.63) is 18.2 Å². The van der Waals surface area contributed by atoms with E-state index in [-0.39, 0.29) is 6.10 Å². The van der Waals surface area contributed by atoms with Gasteiger partial charge in [0, 0.05) is 13.2 Å². The zero-order chi connectivity index (χ0) is 13.7. The summed E-state index contributed by atoms with van der Waals surface area (Å²) in [4.78, 5) is 0. The third-order valence-electron chi connectivity index (χ3n) is 3.75. The number of ether oxygens (including phenoxy) is 3. The van der Waals surface area contributed by atoms with E-state index in [0.717, 1.165) is 30.0 Å². The SMILES string of the molecule is COc1ccc(OC)c(N[C@H]2CCCC[C@H]2OC)c1. The van der Waals surface area contributed by atoms with Crippen LogP contribution in [0, 0.1) is 0 Å². The van der Waals surface area contributed by atoms with Crippen LogP contribution in [0.2, 0.25) is 0 Å². The molecular formula is C15H23NO3. The van der Waals surface area contributed by atoms with Crippen LogP contribution in [0.25, 0.3) is 0 Å². The Morgan fingerprint density at radius 1 is 1.05 bits per heavy atom. The van der Waals surface area contributed by atoms with Crippen molar-refractivity contribution in [2.75, 3.05) is 26.6 Å².